The molecule has 0 aromatic carbocycles. The van der Waals surface area contributed by atoms with Crippen LogP contribution in [0.4, 0.5) is 5.82 Å². The summed E-state index contributed by atoms with van der Waals surface area (Å²) in [6, 6.07) is 6.13. The standard InChI is InChI=1S/C15H24N4/c1-5-12(2)11-18(4)15-13(10-16-3)19-9-7-6-8-14(19)17-15/h6-9,12,16H,5,10-11H2,1-4H3. The first-order chi connectivity index (χ1) is 9.17. The molecule has 2 aromatic heterocycles. The topological polar surface area (TPSA) is 32.6 Å². The van der Waals surface area contributed by atoms with E-state index >= 15 is 0 Å². The van der Waals surface area contributed by atoms with E-state index < -0.39 is 0 Å². The van der Waals surface area contributed by atoms with E-state index in [0.29, 0.717) is 5.92 Å². The third-order valence-corrected chi connectivity index (χ3v) is 3.60. The van der Waals surface area contributed by atoms with Crippen LogP contribution in [0.3, 0.4) is 0 Å². The summed E-state index contributed by atoms with van der Waals surface area (Å²) >= 11 is 0. The van der Waals surface area contributed by atoms with Crippen LogP contribution in [-0.2, 0) is 6.54 Å². The molecule has 0 aliphatic carbocycles. The van der Waals surface area contributed by atoms with Crippen LogP contribution in [0.25, 0.3) is 5.65 Å². The maximum absolute atomic E-state index is 4.77. The number of hydrogen-bond donors (Lipinski definition) is 1. The van der Waals surface area contributed by atoms with Crippen LogP contribution in [0.1, 0.15) is 26.0 Å². The molecule has 19 heavy (non-hydrogen) atoms. The summed E-state index contributed by atoms with van der Waals surface area (Å²) in [5.41, 5.74) is 2.24. The van der Waals surface area contributed by atoms with Gasteiger partial charge in [0.15, 0.2) is 5.82 Å². The van der Waals surface area contributed by atoms with Crippen molar-refractivity contribution in [3.63, 3.8) is 0 Å². The summed E-state index contributed by atoms with van der Waals surface area (Å²) in [6.07, 6.45) is 3.27. The fourth-order valence-corrected chi connectivity index (χ4v) is 2.35. The van der Waals surface area contributed by atoms with Crippen molar-refractivity contribution in [2.45, 2.75) is 26.8 Å². The third-order valence-electron chi connectivity index (χ3n) is 3.60. The van der Waals surface area contributed by atoms with Crippen molar-refractivity contribution in [2.75, 3.05) is 25.5 Å². The average molecular weight is 260 g/mol. The van der Waals surface area contributed by atoms with Crippen molar-refractivity contribution in [1.82, 2.24) is 14.7 Å². The lowest BCUT2D eigenvalue weighted by Gasteiger charge is -2.21. The summed E-state index contributed by atoms with van der Waals surface area (Å²) in [6.45, 7) is 6.38. The van der Waals surface area contributed by atoms with Gasteiger partial charge >= 0.3 is 0 Å². The maximum atomic E-state index is 4.77. The van der Waals surface area contributed by atoms with Gasteiger partial charge in [-0.05, 0) is 25.1 Å². The summed E-state index contributed by atoms with van der Waals surface area (Å²) in [4.78, 5) is 7.04. The predicted octanol–water partition coefficient (Wildman–Crippen LogP) is 2.54. The molecule has 0 saturated carbocycles. The molecule has 0 spiro atoms. The van der Waals surface area contributed by atoms with Gasteiger partial charge < -0.3 is 14.6 Å². The van der Waals surface area contributed by atoms with Crippen LogP contribution in [0, 0.1) is 5.92 Å². The molecule has 0 saturated heterocycles. The maximum Gasteiger partial charge on any atom is 0.152 e. The van der Waals surface area contributed by atoms with Crippen molar-refractivity contribution in [2.24, 2.45) is 5.92 Å². The Morgan fingerprint density at radius 1 is 1.42 bits per heavy atom. The molecular weight excluding hydrogens is 236 g/mol. The molecule has 0 amide bonds. The Morgan fingerprint density at radius 3 is 2.89 bits per heavy atom. The average Bonchev–Trinajstić information content (AvgIpc) is 2.78. The molecule has 4 heteroatoms. The number of hydrogen-bond acceptors (Lipinski definition) is 3. The van der Waals surface area contributed by atoms with Crippen LogP contribution < -0.4 is 10.2 Å². The Balaban J connectivity index is 2.38. The normalized spacial score (nSPS) is 12.8. The molecule has 2 rings (SSSR count). The summed E-state index contributed by atoms with van der Waals surface area (Å²) in [5, 5.41) is 3.24. The van der Waals surface area contributed by atoms with Crippen molar-refractivity contribution >= 4 is 11.5 Å². The molecular formula is C15H24N4. The number of aromatic nitrogens is 2. The van der Waals surface area contributed by atoms with Crippen molar-refractivity contribution in [3.8, 4) is 0 Å². The number of rotatable bonds is 6. The van der Waals surface area contributed by atoms with E-state index in [1.807, 2.05) is 19.2 Å². The van der Waals surface area contributed by atoms with Crippen LogP contribution in [0.2, 0.25) is 0 Å². The van der Waals surface area contributed by atoms with Gasteiger partial charge in [-0.2, -0.15) is 0 Å². The first-order valence-corrected chi connectivity index (χ1v) is 6.99. The first kappa shape index (κ1) is 13.9. The highest BCUT2D eigenvalue weighted by Gasteiger charge is 2.16. The molecule has 0 aliphatic heterocycles. The Kier molecular flexibility index (Phi) is 4.43. The Labute approximate surface area is 115 Å². The van der Waals surface area contributed by atoms with E-state index in [1.165, 1.54) is 12.1 Å². The van der Waals surface area contributed by atoms with E-state index in [0.717, 1.165) is 24.6 Å². The van der Waals surface area contributed by atoms with Crippen LogP contribution >= 0.6 is 0 Å². The van der Waals surface area contributed by atoms with E-state index in [4.69, 9.17) is 4.98 Å². The first-order valence-electron chi connectivity index (χ1n) is 6.99. The molecule has 0 radical (unpaired) electrons. The van der Waals surface area contributed by atoms with Crippen LogP contribution in [-0.4, -0.2) is 30.0 Å². The fraction of sp³-hybridized carbons (Fsp3) is 0.533. The molecule has 1 atom stereocenters. The molecule has 1 N–H and O–H groups in total. The van der Waals surface area contributed by atoms with Crippen LogP contribution in [0.15, 0.2) is 24.4 Å². The fourth-order valence-electron chi connectivity index (χ4n) is 2.35. The minimum Gasteiger partial charge on any atom is -0.358 e. The zero-order chi connectivity index (χ0) is 13.8. The minimum atomic E-state index is 0.678. The number of nitrogens with zero attached hydrogens (tertiary/aromatic N) is 3. The van der Waals surface area contributed by atoms with E-state index in [1.54, 1.807) is 0 Å². The van der Waals surface area contributed by atoms with Crippen LogP contribution in [0.5, 0.6) is 0 Å². The number of pyridine rings is 1. The van der Waals surface area contributed by atoms with Crippen molar-refractivity contribution in [3.05, 3.63) is 30.1 Å². The summed E-state index contributed by atoms with van der Waals surface area (Å²) < 4.78 is 2.17. The van der Waals surface area contributed by atoms with E-state index in [9.17, 15) is 0 Å². The Hall–Kier alpha value is -1.55. The van der Waals surface area contributed by atoms with E-state index in [-0.39, 0.29) is 0 Å². The number of fused-ring (bicyclic) bond motifs is 1. The SMILES string of the molecule is CCC(C)CN(C)c1nc2ccccn2c1CNC. The highest BCUT2D eigenvalue weighted by Crippen LogP contribution is 2.22. The monoisotopic (exact) mass is 260 g/mol. The second kappa shape index (κ2) is 6.06. The molecule has 0 bridgehead atoms. The van der Waals surface area contributed by atoms with Gasteiger partial charge in [0, 0.05) is 26.3 Å². The van der Waals surface area contributed by atoms with E-state index in [2.05, 4.69) is 47.8 Å². The third kappa shape index (κ3) is 2.89. The zero-order valence-corrected chi connectivity index (χ0v) is 12.3. The predicted molar refractivity (Wildman–Crippen MR) is 80.7 cm³/mol. The second-order valence-corrected chi connectivity index (χ2v) is 5.24. The molecule has 2 aromatic rings. The minimum absolute atomic E-state index is 0.678. The Bertz CT molecular complexity index is 532. The molecule has 4 nitrogen and oxygen atoms in total. The molecule has 104 valence electrons. The smallest absolute Gasteiger partial charge is 0.152 e. The lowest BCUT2D eigenvalue weighted by atomic mass is 10.1. The van der Waals surface area contributed by atoms with Crippen molar-refractivity contribution in [1.29, 1.82) is 0 Å². The van der Waals surface area contributed by atoms with Crippen molar-refractivity contribution < 1.29 is 0 Å². The lowest BCUT2D eigenvalue weighted by Crippen LogP contribution is -2.25. The highest BCUT2D eigenvalue weighted by molar-refractivity contribution is 5.55. The van der Waals surface area contributed by atoms with Gasteiger partial charge in [-0.25, -0.2) is 4.98 Å². The lowest BCUT2D eigenvalue weighted by molar-refractivity contribution is 0.557. The van der Waals surface area contributed by atoms with Gasteiger partial charge in [0.1, 0.15) is 5.65 Å². The van der Waals surface area contributed by atoms with Gasteiger partial charge in [0.2, 0.25) is 0 Å². The second-order valence-electron chi connectivity index (χ2n) is 5.24. The van der Waals surface area contributed by atoms with Gasteiger partial charge in [-0.15, -0.1) is 0 Å². The highest BCUT2D eigenvalue weighted by atomic mass is 15.2. The van der Waals surface area contributed by atoms with Gasteiger partial charge in [0.25, 0.3) is 0 Å². The van der Waals surface area contributed by atoms with Gasteiger partial charge in [0.05, 0.1) is 5.69 Å². The summed E-state index contributed by atoms with van der Waals surface area (Å²) in [5.74, 6) is 1.76. The zero-order valence-electron chi connectivity index (χ0n) is 12.3. The quantitative estimate of drug-likeness (QED) is 0.866. The molecule has 1 unspecified atom stereocenters. The molecule has 2 heterocycles. The number of anilines is 1. The van der Waals surface area contributed by atoms with Gasteiger partial charge in [-0.1, -0.05) is 26.3 Å². The van der Waals surface area contributed by atoms with Gasteiger partial charge in [-0.3, -0.25) is 0 Å². The number of imidazole rings is 1. The largest absolute Gasteiger partial charge is 0.358 e. The Morgan fingerprint density at radius 2 is 2.21 bits per heavy atom. The summed E-state index contributed by atoms with van der Waals surface area (Å²) in [7, 11) is 4.11. The molecule has 0 fully saturated rings. The molecule has 0 aliphatic rings. The number of nitrogens with one attached hydrogen (secondary N) is 1.